The van der Waals surface area contributed by atoms with E-state index in [4.69, 9.17) is 35.8 Å². The molecule has 2 saturated heterocycles. The number of nitrogens with one attached hydrogen (secondary N) is 4. The molecule has 308 valence electrons. The number of rotatable bonds is 16. The average Bonchev–Trinajstić information content (AvgIpc) is 4.00. The Bertz CT molecular complexity index is 2460. The number of halogens is 2. The highest BCUT2D eigenvalue weighted by Gasteiger charge is 2.29. The standard InChI is InChI=1S/C45H44ClFN8O5/c1-58-44-28(21-50-23-31-7-12-40(56)52-31)5-10-38(54-44)37-17-30(47)16-36(43(37)46)33-3-2-4-35-34(33)9-11-39(35)60-42-14-6-29(22-51-24-32-8-13-41(57)53-32)45(55-42)59-25-27-15-26(18-48)19-49-20-27/h2-6,10,14-17,19-20,31-32,39,50-51H,7-9,11-13,21-25H2,1H3,(H,52,56)(H,53,57)/t31-,32-,39-/m0/s1. The largest absolute Gasteiger partial charge is 0.481 e. The molecule has 3 atom stereocenters. The van der Waals surface area contributed by atoms with Gasteiger partial charge in [0.15, 0.2) is 0 Å². The van der Waals surface area contributed by atoms with E-state index in [1.165, 1.54) is 18.3 Å². The lowest BCUT2D eigenvalue weighted by Crippen LogP contribution is -2.35. The molecule has 4 N–H and O–H groups in total. The van der Waals surface area contributed by atoms with Crippen molar-refractivity contribution < 1.29 is 28.2 Å². The van der Waals surface area contributed by atoms with Gasteiger partial charge in [0.1, 0.15) is 24.6 Å². The Labute approximate surface area is 352 Å². The number of fused-ring (bicyclic) bond motifs is 1. The van der Waals surface area contributed by atoms with Gasteiger partial charge in [-0.1, -0.05) is 35.9 Å². The van der Waals surface area contributed by atoms with Crippen LogP contribution in [0.5, 0.6) is 17.6 Å². The summed E-state index contributed by atoms with van der Waals surface area (Å²) in [7, 11) is 1.54. The number of pyridine rings is 3. The normalized spacial score (nSPS) is 18.1. The number of benzene rings is 2. The Kier molecular flexibility index (Phi) is 12.5. The molecule has 2 amide bonds. The third kappa shape index (κ3) is 9.34. The average molecular weight is 831 g/mol. The predicted octanol–water partition coefficient (Wildman–Crippen LogP) is 6.26. The quantitative estimate of drug-likeness (QED) is 0.0885. The van der Waals surface area contributed by atoms with Crippen molar-refractivity contribution in [3.05, 3.63) is 117 Å². The lowest BCUT2D eigenvalue weighted by molar-refractivity contribution is -0.120. The summed E-state index contributed by atoms with van der Waals surface area (Å²) in [5.41, 5.74) is 7.01. The first-order valence-electron chi connectivity index (χ1n) is 20.0. The number of nitriles is 1. The molecule has 3 aromatic heterocycles. The molecule has 0 saturated carbocycles. The zero-order valence-corrected chi connectivity index (χ0v) is 33.8. The van der Waals surface area contributed by atoms with Gasteiger partial charge < -0.3 is 35.5 Å². The Morgan fingerprint density at radius 1 is 0.850 bits per heavy atom. The molecule has 0 unspecified atom stereocenters. The lowest BCUT2D eigenvalue weighted by Gasteiger charge is -2.18. The molecule has 5 heterocycles. The fraction of sp³-hybridized carbons (Fsp3) is 0.333. The van der Waals surface area contributed by atoms with E-state index in [1.807, 2.05) is 42.5 Å². The first kappa shape index (κ1) is 40.6. The van der Waals surface area contributed by atoms with Crippen LogP contribution in [-0.2, 0) is 35.7 Å². The third-order valence-corrected chi connectivity index (χ3v) is 11.4. The molecule has 2 aliphatic heterocycles. The molecule has 15 heteroatoms. The van der Waals surface area contributed by atoms with Crippen LogP contribution in [0.15, 0.2) is 73.1 Å². The van der Waals surface area contributed by atoms with Gasteiger partial charge >= 0.3 is 0 Å². The summed E-state index contributed by atoms with van der Waals surface area (Å²) in [5, 5.41) is 22.4. The monoisotopic (exact) mass is 830 g/mol. The molecule has 0 spiro atoms. The molecule has 2 aromatic carbocycles. The first-order valence-corrected chi connectivity index (χ1v) is 20.4. The molecule has 2 fully saturated rings. The molecule has 3 aliphatic rings. The molecule has 60 heavy (non-hydrogen) atoms. The molecule has 1 aliphatic carbocycles. The minimum atomic E-state index is -0.452. The second-order valence-corrected chi connectivity index (χ2v) is 15.5. The second kappa shape index (κ2) is 18.4. The van der Waals surface area contributed by atoms with Crippen LogP contribution < -0.4 is 35.5 Å². The summed E-state index contributed by atoms with van der Waals surface area (Å²) in [6.07, 6.45) is 6.77. The fourth-order valence-corrected chi connectivity index (χ4v) is 8.33. The fourth-order valence-electron chi connectivity index (χ4n) is 8.02. The van der Waals surface area contributed by atoms with Crippen LogP contribution in [0.3, 0.4) is 0 Å². The van der Waals surface area contributed by atoms with Gasteiger partial charge in [-0.2, -0.15) is 10.2 Å². The Morgan fingerprint density at radius 3 is 2.27 bits per heavy atom. The maximum Gasteiger partial charge on any atom is 0.221 e. The molecule has 5 aromatic rings. The predicted molar refractivity (Wildman–Crippen MR) is 222 cm³/mol. The summed E-state index contributed by atoms with van der Waals surface area (Å²) in [4.78, 5) is 36.9. The van der Waals surface area contributed by atoms with E-state index in [1.54, 1.807) is 19.4 Å². The van der Waals surface area contributed by atoms with Crippen molar-refractivity contribution in [2.75, 3.05) is 20.2 Å². The SMILES string of the molecule is COc1nc(-c2cc(F)cc(-c3cccc4c3CC[C@@H]4Oc3ccc(CNC[C@@H]4CCC(=O)N4)c(OCc4cncc(C#N)c4)n3)c2Cl)ccc1CNC[C@@H]1CCC(=O)N1. The summed E-state index contributed by atoms with van der Waals surface area (Å²) in [6, 6.07) is 20.1. The minimum Gasteiger partial charge on any atom is -0.481 e. The number of aromatic nitrogens is 3. The van der Waals surface area contributed by atoms with Crippen molar-refractivity contribution in [2.45, 2.75) is 76.4 Å². The Hall–Kier alpha value is -6.14. The van der Waals surface area contributed by atoms with Crippen molar-refractivity contribution in [3.63, 3.8) is 0 Å². The van der Waals surface area contributed by atoms with Gasteiger partial charge in [0, 0.05) is 97.4 Å². The molecule has 13 nitrogen and oxygen atoms in total. The minimum absolute atomic E-state index is 0.0600. The Morgan fingerprint density at radius 2 is 1.57 bits per heavy atom. The highest BCUT2D eigenvalue weighted by atomic mass is 35.5. The third-order valence-electron chi connectivity index (χ3n) is 11.0. The van der Waals surface area contributed by atoms with Gasteiger partial charge in [0.05, 0.1) is 23.4 Å². The van der Waals surface area contributed by atoms with Crippen LogP contribution in [0.4, 0.5) is 4.39 Å². The number of hydrogen-bond donors (Lipinski definition) is 4. The van der Waals surface area contributed by atoms with Crippen LogP contribution in [0, 0.1) is 17.1 Å². The van der Waals surface area contributed by atoms with Gasteiger partial charge in [0.2, 0.25) is 29.5 Å². The van der Waals surface area contributed by atoms with Crippen molar-refractivity contribution in [3.8, 4) is 46.1 Å². The zero-order valence-electron chi connectivity index (χ0n) is 33.0. The Balaban J connectivity index is 1.00. The van der Waals surface area contributed by atoms with E-state index in [2.05, 4.69) is 32.3 Å². The van der Waals surface area contributed by atoms with Crippen molar-refractivity contribution >= 4 is 23.4 Å². The number of ether oxygens (including phenoxy) is 3. The van der Waals surface area contributed by atoms with Crippen LogP contribution >= 0.6 is 11.6 Å². The van der Waals surface area contributed by atoms with Gasteiger partial charge in [-0.15, -0.1) is 0 Å². The summed E-state index contributed by atoms with van der Waals surface area (Å²) >= 11 is 7.13. The highest BCUT2D eigenvalue weighted by Crippen LogP contribution is 2.44. The van der Waals surface area contributed by atoms with Crippen LogP contribution in [0.25, 0.3) is 22.4 Å². The number of nitrogens with zero attached hydrogens (tertiary/aromatic N) is 4. The van der Waals surface area contributed by atoms with Crippen LogP contribution in [-0.4, -0.2) is 59.0 Å². The number of methoxy groups -OCH3 is 1. The molecule has 8 rings (SSSR count). The zero-order chi connectivity index (χ0) is 41.6. The smallest absolute Gasteiger partial charge is 0.221 e. The van der Waals surface area contributed by atoms with E-state index >= 15 is 4.39 Å². The molecular formula is C45H44ClFN8O5. The molecule has 0 radical (unpaired) electrons. The number of amides is 2. The first-order chi connectivity index (χ1) is 29.2. The second-order valence-electron chi connectivity index (χ2n) is 15.2. The van der Waals surface area contributed by atoms with Crippen molar-refractivity contribution in [2.24, 2.45) is 0 Å². The lowest BCUT2D eigenvalue weighted by atomic mass is 9.94. The maximum atomic E-state index is 15.5. The van der Waals surface area contributed by atoms with E-state index in [9.17, 15) is 14.9 Å². The van der Waals surface area contributed by atoms with Crippen molar-refractivity contribution in [1.82, 2.24) is 36.2 Å². The van der Waals surface area contributed by atoms with E-state index in [0.717, 1.165) is 46.2 Å². The van der Waals surface area contributed by atoms with E-state index in [0.29, 0.717) is 96.9 Å². The van der Waals surface area contributed by atoms with E-state index in [-0.39, 0.29) is 36.6 Å². The number of hydrogen-bond acceptors (Lipinski definition) is 11. The molecule has 0 bridgehead atoms. The summed E-state index contributed by atoms with van der Waals surface area (Å²) < 4.78 is 33.9. The van der Waals surface area contributed by atoms with Gasteiger partial charge in [-0.05, 0) is 72.7 Å². The van der Waals surface area contributed by atoms with Gasteiger partial charge in [-0.3, -0.25) is 14.6 Å². The maximum absolute atomic E-state index is 15.5. The number of carbonyl (C=O) groups excluding carboxylic acids is 2. The van der Waals surface area contributed by atoms with Gasteiger partial charge in [0.25, 0.3) is 0 Å². The summed E-state index contributed by atoms with van der Waals surface area (Å²) in [5.74, 6) is 0.820. The van der Waals surface area contributed by atoms with Crippen LogP contribution in [0.1, 0.15) is 71.6 Å². The topological polar surface area (TPSA) is 172 Å². The number of carbonyl (C=O) groups is 2. The summed E-state index contributed by atoms with van der Waals surface area (Å²) in [6.45, 7) is 2.30. The molecular weight excluding hydrogens is 787 g/mol. The van der Waals surface area contributed by atoms with Gasteiger partial charge in [-0.25, -0.2) is 9.37 Å². The highest BCUT2D eigenvalue weighted by molar-refractivity contribution is 6.36. The van der Waals surface area contributed by atoms with Crippen LogP contribution in [0.2, 0.25) is 5.02 Å². The van der Waals surface area contributed by atoms with E-state index < -0.39 is 5.82 Å². The van der Waals surface area contributed by atoms with Crippen molar-refractivity contribution in [1.29, 1.82) is 5.26 Å².